The van der Waals surface area contributed by atoms with E-state index < -0.39 is 73.6 Å². The SMILES string of the molecule is CC(=O)OC[C@@H]1O[C@H](OC(C)=O)[C@@H](NC(=O)CN=[N+]=[N-])[C@@H](OC(C)=O)[C@H]1OC(C)=O. The van der Waals surface area contributed by atoms with Gasteiger partial charge >= 0.3 is 23.9 Å². The van der Waals surface area contributed by atoms with Crippen molar-refractivity contribution in [1.82, 2.24) is 5.32 Å². The predicted octanol–water partition coefficient (Wildman–Crippen LogP) is -0.504. The first-order valence-electron chi connectivity index (χ1n) is 8.65. The average molecular weight is 430 g/mol. The minimum Gasteiger partial charge on any atom is -0.463 e. The maximum Gasteiger partial charge on any atom is 0.305 e. The number of ether oxygens (including phenoxy) is 5. The van der Waals surface area contributed by atoms with Crippen molar-refractivity contribution in [1.29, 1.82) is 0 Å². The summed E-state index contributed by atoms with van der Waals surface area (Å²) in [6.45, 7) is 3.32. The summed E-state index contributed by atoms with van der Waals surface area (Å²) in [4.78, 5) is 60.5. The lowest BCUT2D eigenvalue weighted by atomic mass is 9.96. The molecular weight excluding hydrogens is 408 g/mol. The quantitative estimate of drug-likeness (QED) is 0.172. The fourth-order valence-electron chi connectivity index (χ4n) is 2.65. The molecule has 14 heteroatoms. The molecule has 1 rings (SSSR count). The van der Waals surface area contributed by atoms with Crippen molar-refractivity contribution in [3.63, 3.8) is 0 Å². The van der Waals surface area contributed by atoms with Crippen molar-refractivity contribution < 1.29 is 47.7 Å². The summed E-state index contributed by atoms with van der Waals surface area (Å²) in [5.74, 6) is -3.86. The van der Waals surface area contributed by atoms with E-state index in [1.54, 1.807) is 0 Å². The molecule has 1 N–H and O–H groups in total. The van der Waals surface area contributed by atoms with Gasteiger partial charge in [-0.3, -0.25) is 24.0 Å². The maximum atomic E-state index is 12.1. The molecule has 30 heavy (non-hydrogen) atoms. The van der Waals surface area contributed by atoms with Crippen LogP contribution < -0.4 is 5.32 Å². The predicted molar refractivity (Wildman–Crippen MR) is 94.1 cm³/mol. The number of carbonyl (C=O) groups is 5. The lowest BCUT2D eigenvalue weighted by molar-refractivity contribution is -0.271. The molecule has 1 fully saturated rings. The van der Waals surface area contributed by atoms with Crippen LogP contribution in [-0.4, -0.2) is 73.6 Å². The van der Waals surface area contributed by atoms with E-state index in [4.69, 9.17) is 29.2 Å². The zero-order chi connectivity index (χ0) is 22.8. The van der Waals surface area contributed by atoms with Gasteiger partial charge in [-0.1, -0.05) is 5.11 Å². The number of nitrogens with zero attached hydrogens (tertiary/aromatic N) is 3. The highest BCUT2D eigenvalue weighted by atomic mass is 16.7. The van der Waals surface area contributed by atoms with Gasteiger partial charge in [-0.2, -0.15) is 0 Å². The van der Waals surface area contributed by atoms with Gasteiger partial charge in [0, 0.05) is 32.6 Å². The summed E-state index contributed by atoms with van der Waals surface area (Å²) in [7, 11) is 0. The van der Waals surface area contributed by atoms with E-state index in [1.807, 2.05) is 0 Å². The molecule has 0 aliphatic carbocycles. The smallest absolute Gasteiger partial charge is 0.305 e. The lowest BCUT2D eigenvalue weighted by Crippen LogP contribution is -2.67. The second-order valence-electron chi connectivity index (χ2n) is 6.09. The summed E-state index contributed by atoms with van der Waals surface area (Å²) in [6.07, 6.45) is -5.42. The van der Waals surface area contributed by atoms with E-state index in [9.17, 15) is 24.0 Å². The molecular formula is C16H22N4O10. The fraction of sp³-hybridized carbons (Fsp3) is 0.688. The molecule has 1 heterocycles. The third-order valence-corrected chi connectivity index (χ3v) is 3.59. The van der Waals surface area contributed by atoms with Crippen LogP contribution in [0.15, 0.2) is 5.11 Å². The first-order valence-corrected chi connectivity index (χ1v) is 8.65. The number of carbonyl (C=O) groups excluding carboxylic acids is 5. The van der Waals surface area contributed by atoms with Crippen LogP contribution in [0.5, 0.6) is 0 Å². The topological polar surface area (TPSA) is 192 Å². The molecule has 166 valence electrons. The Hall–Kier alpha value is -3.38. The van der Waals surface area contributed by atoms with E-state index in [2.05, 4.69) is 15.3 Å². The van der Waals surface area contributed by atoms with Gasteiger partial charge in [0.25, 0.3) is 0 Å². The summed E-state index contributed by atoms with van der Waals surface area (Å²) < 4.78 is 25.9. The first kappa shape index (κ1) is 24.7. The van der Waals surface area contributed by atoms with Gasteiger partial charge in [0.1, 0.15) is 25.3 Å². The van der Waals surface area contributed by atoms with Crippen LogP contribution in [0, 0.1) is 0 Å². The largest absolute Gasteiger partial charge is 0.463 e. The molecule has 1 saturated heterocycles. The highest BCUT2D eigenvalue weighted by Crippen LogP contribution is 2.28. The molecule has 0 bridgehead atoms. The number of rotatable bonds is 8. The molecule has 0 unspecified atom stereocenters. The minimum atomic E-state index is -1.51. The molecule has 14 nitrogen and oxygen atoms in total. The molecule has 0 spiro atoms. The van der Waals surface area contributed by atoms with Gasteiger partial charge in [-0.05, 0) is 5.53 Å². The second-order valence-corrected chi connectivity index (χ2v) is 6.09. The third kappa shape index (κ3) is 7.93. The maximum absolute atomic E-state index is 12.1. The van der Waals surface area contributed by atoms with Gasteiger partial charge in [0.15, 0.2) is 12.2 Å². The van der Waals surface area contributed by atoms with Crippen molar-refractivity contribution in [2.75, 3.05) is 13.2 Å². The number of amides is 1. The van der Waals surface area contributed by atoms with Gasteiger partial charge in [-0.25, -0.2) is 0 Å². The summed E-state index contributed by atoms with van der Waals surface area (Å²) in [5.41, 5.74) is 8.36. The van der Waals surface area contributed by atoms with Crippen LogP contribution in [-0.2, 0) is 47.7 Å². The second kappa shape index (κ2) is 11.6. The molecule has 1 amide bonds. The van der Waals surface area contributed by atoms with Crippen LogP contribution in [0.3, 0.4) is 0 Å². The highest BCUT2D eigenvalue weighted by molar-refractivity contribution is 5.79. The van der Waals surface area contributed by atoms with Crippen LogP contribution >= 0.6 is 0 Å². The van der Waals surface area contributed by atoms with Crippen LogP contribution in [0.2, 0.25) is 0 Å². The number of hydrogen-bond donors (Lipinski definition) is 1. The Kier molecular flexibility index (Phi) is 9.52. The van der Waals surface area contributed by atoms with Gasteiger partial charge < -0.3 is 29.0 Å². The summed E-state index contributed by atoms with van der Waals surface area (Å²) in [6, 6.07) is -1.34. The van der Waals surface area contributed by atoms with E-state index in [0.29, 0.717) is 0 Å². The number of azide groups is 1. The standard InChI is InChI=1S/C16H22N4O10/c1-7(21)26-6-11-14(27-8(2)22)15(28-9(3)23)13(16(30-11)29-10(4)24)19-12(25)5-18-20-17/h11,13-16H,5-6H2,1-4H3,(H,19,25)/t11-,13-,14-,15+,16-/m0/s1. The fourth-order valence-corrected chi connectivity index (χ4v) is 2.65. The molecule has 0 saturated carbocycles. The van der Waals surface area contributed by atoms with Crippen molar-refractivity contribution in [3.05, 3.63) is 10.4 Å². The van der Waals surface area contributed by atoms with Crippen molar-refractivity contribution in [2.24, 2.45) is 5.11 Å². The van der Waals surface area contributed by atoms with E-state index in [1.165, 1.54) is 0 Å². The summed E-state index contributed by atoms with van der Waals surface area (Å²) in [5, 5.41) is 5.48. The Morgan fingerprint density at radius 1 is 0.933 bits per heavy atom. The Morgan fingerprint density at radius 2 is 1.50 bits per heavy atom. The molecule has 1 aliphatic heterocycles. The Bertz CT molecular complexity index is 736. The number of nitrogens with one attached hydrogen (secondary N) is 1. The monoisotopic (exact) mass is 430 g/mol. The van der Waals surface area contributed by atoms with Crippen LogP contribution in [0.4, 0.5) is 0 Å². The van der Waals surface area contributed by atoms with E-state index in [0.717, 1.165) is 27.7 Å². The van der Waals surface area contributed by atoms with Crippen LogP contribution in [0.25, 0.3) is 10.4 Å². The molecule has 0 aromatic rings. The molecule has 1 aliphatic rings. The third-order valence-electron chi connectivity index (χ3n) is 3.59. The van der Waals surface area contributed by atoms with Crippen molar-refractivity contribution >= 4 is 29.8 Å². The first-order chi connectivity index (χ1) is 14.0. The normalized spacial score (nSPS) is 25.1. The highest BCUT2D eigenvalue weighted by Gasteiger charge is 2.52. The Balaban J connectivity index is 3.33. The zero-order valence-corrected chi connectivity index (χ0v) is 16.7. The van der Waals surface area contributed by atoms with Crippen LogP contribution in [0.1, 0.15) is 27.7 Å². The number of hydrogen-bond acceptors (Lipinski definition) is 11. The van der Waals surface area contributed by atoms with Gasteiger partial charge in [-0.15, -0.1) is 0 Å². The number of esters is 4. The lowest BCUT2D eigenvalue weighted by Gasteiger charge is -2.44. The zero-order valence-electron chi connectivity index (χ0n) is 16.7. The Labute approximate surface area is 170 Å². The molecule has 0 radical (unpaired) electrons. The van der Waals surface area contributed by atoms with E-state index >= 15 is 0 Å². The average Bonchev–Trinajstić information content (AvgIpc) is 2.62. The molecule has 0 aromatic carbocycles. The van der Waals surface area contributed by atoms with Crippen molar-refractivity contribution in [2.45, 2.75) is 58.3 Å². The van der Waals surface area contributed by atoms with E-state index in [-0.39, 0.29) is 0 Å². The minimum absolute atomic E-state index is 0.428. The Morgan fingerprint density at radius 3 is 2.00 bits per heavy atom. The van der Waals surface area contributed by atoms with Gasteiger partial charge in [0.05, 0.1) is 0 Å². The van der Waals surface area contributed by atoms with Gasteiger partial charge in [0.2, 0.25) is 12.2 Å². The molecule has 0 aromatic heterocycles. The summed E-state index contributed by atoms with van der Waals surface area (Å²) >= 11 is 0. The van der Waals surface area contributed by atoms with Crippen molar-refractivity contribution in [3.8, 4) is 0 Å². The molecule has 5 atom stereocenters.